The summed E-state index contributed by atoms with van der Waals surface area (Å²) < 4.78 is 18.5. The van der Waals surface area contributed by atoms with Crippen LogP contribution in [0.2, 0.25) is 0 Å². The number of carbonyl (C=O) groups is 1. The molecule has 3 atom stereocenters. The van der Waals surface area contributed by atoms with E-state index in [0.717, 1.165) is 17.7 Å². The lowest BCUT2D eigenvalue weighted by Crippen LogP contribution is -2.43. The van der Waals surface area contributed by atoms with Gasteiger partial charge < -0.3 is 10.1 Å². The van der Waals surface area contributed by atoms with Crippen LogP contribution in [0.5, 0.6) is 0 Å². The maximum Gasteiger partial charge on any atom is 0.328 e. The number of carbonyl (C=O) groups excluding carboxylic acids is 1. The van der Waals surface area contributed by atoms with Crippen LogP contribution in [-0.4, -0.2) is 18.6 Å². The van der Waals surface area contributed by atoms with Gasteiger partial charge in [0.25, 0.3) is 0 Å². The SMILES string of the molecule is CCOC(=O)[C@H]1Nc2ccc(F)cc2[C@H]2C=CC[C@@H]12. The Morgan fingerprint density at radius 1 is 1.53 bits per heavy atom. The minimum absolute atomic E-state index is 0.0985. The van der Waals surface area contributed by atoms with Crippen LogP contribution in [0.3, 0.4) is 0 Å². The highest BCUT2D eigenvalue weighted by Crippen LogP contribution is 2.44. The van der Waals surface area contributed by atoms with Crippen LogP contribution in [0.25, 0.3) is 0 Å². The van der Waals surface area contributed by atoms with E-state index in [9.17, 15) is 9.18 Å². The maximum atomic E-state index is 13.4. The summed E-state index contributed by atoms with van der Waals surface area (Å²) in [6.07, 6.45) is 4.94. The lowest BCUT2D eigenvalue weighted by atomic mass is 9.79. The van der Waals surface area contributed by atoms with Crippen LogP contribution in [0.1, 0.15) is 24.8 Å². The number of anilines is 1. The van der Waals surface area contributed by atoms with Crippen molar-refractivity contribution in [1.29, 1.82) is 0 Å². The molecule has 0 radical (unpaired) electrons. The third kappa shape index (κ3) is 2.01. The predicted molar refractivity (Wildman–Crippen MR) is 70.4 cm³/mol. The number of allylic oxidation sites excluding steroid dienone is 2. The van der Waals surface area contributed by atoms with Crippen molar-refractivity contribution in [3.8, 4) is 0 Å². The van der Waals surface area contributed by atoms with Crippen LogP contribution >= 0.6 is 0 Å². The van der Waals surface area contributed by atoms with Gasteiger partial charge in [-0.05, 0) is 37.1 Å². The number of benzene rings is 1. The molecule has 0 bridgehead atoms. The van der Waals surface area contributed by atoms with E-state index in [1.807, 2.05) is 0 Å². The number of esters is 1. The molecule has 2 aliphatic rings. The minimum Gasteiger partial charge on any atom is -0.464 e. The Labute approximate surface area is 111 Å². The van der Waals surface area contributed by atoms with E-state index in [1.165, 1.54) is 6.07 Å². The Hall–Kier alpha value is -1.84. The van der Waals surface area contributed by atoms with E-state index in [4.69, 9.17) is 4.74 Å². The highest BCUT2D eigenvalue weighted by molar-refractivity contribution is 5.82. The van der Waals surface area contributed by atoms with Gasteiger partial charge in [-0.3, -0.25) is 0 Å². The smallest absolute Gasteiger partial charge is 0.328 e. The van der Waals surface area contributed by atoms with Crippen molar-refractivity contribution < 1.29 is 13.9 Å². The Kier molecular flexibility index (Phi) is 3.01. The molecule has 1 aliphatic heterocycles. The van der Waals surface area contributed by atoms with Crippen molar-refractivity contribution >= 4 is 11.7 Å². The van der Waals surface area contributed by atoms with Crippen molar-refractivity contribution in [2.45, 2.75) is 25.3 Å². The molecule has 3 nitrogen and oxygen atoms in total. The van der Waals surface area contributed by atoms with Crippen LogP contribution in [0, 0.1) is 11.7 Å². The van der Waals surface area contributed by atoms with Crippen LogP contribution in [0.15, 0.2) is 30.4 Å². The molecule has 0 unspecified atom stereocenters. The van der Waals surface area contributed by atoms with E-state index in [2.05, 4.69) is 17.5 Å². The fraction of sp³-hybridized carbons (Fsp3) is 0.400. The normalized spacial score (nSPS) is 27.4. The molecule has 19 heavy (non-hydrogen) atoms. The molecule has 1 aromatic rings. The Morgan fingerprint density at radius 3 is 3.16 bits per heavy atom. The standard InChI is InChI=1S/C15H16FNO2/c1-2-19-15(18)14-11-5-3-4-10(11)12-8-9(16)6-7-13(12)17-14/h3-4,6-8,10-11,14,17H,2,5H2,1H3/t10-,11+,14-/m0/s1. The average molecular weight is 261 g/mol. The zero-order chi connectivity index (χ0) is 13.4. The van der Waals surface area contributed by atoms with E-state index in [-0.39, 0.29) is 29.7 Å². The first-order valence-electron chi connectivity index (χ1n) is 6.60. The second kappa shape index (κ2) is 4.68. The topological polar surface area (TPSA) is 38.3 Å². The number of rotatable bonds is 2. The van der Waals surface area contributed by atoms with E-state index in [1.54, 1.807) is 19.1 Å². The first kappa shape index (κ1) is 12.2. The molecule has 0 spiro atoms. The summed E-state index contributed by atoms with van der Waals surface area (Å²) in [6.45, 7) is 2.17. The molecule has 0 fully saturated rings. The highest BCUT2D eigenvalue weighted by atomic mass is 19.1. The maximum absolute atomic E-state index is 13.4. The molecule has 1 aromatic carbocycles. The van der Waals surface area contributed by atoms with Gasteiger partial charge in [0.05, 0.1) is 6.61 Å². The largest absolute Gasteiger partial charge is 0.464 e. The summed E-state index contributed by atoms with van der Waals surface area (Å²) >= 11 is 0. The van der Waals surface area contributed by atoms with Crippen LogP contribution in [0.4, 0.5) is 10.1 Å². The van der Waals surface area contributed by atoms with Crippen molar-refractivity contribution in [2.75, 3.05) is 11.9 Å². The first-order chi connectivity index (χ1) is 9.20. The molecule has 100 valence electrons. The fourth-order valence-corrected chi connectivity index (χ4v) is 3.03. The fourth-order valence-electron chi connectivity index (χ4n) is 3.03. The van der Waals surface area contributed by atoms with Gasteiger partial charge in [0.15, 0.2) is 0 Å². The van der Waals surface area contributed by atoms with Gasteiger partial charge in [-0.15, -0.1) is 0 Å². The number of ether oxygens (including phenoxy) is 1. The molecule has 0 saturated heterocycles. The molecule has 1 heterocycles. The molecule has 4 heteroatoms. The Bertz CT molecular complexity index is 541. The van der Waals surface area contributed by atoms with Crippen molar-refractivity contribution in [3.05, 3.63) is 41.7 Å². The molecular weight excluding hydrogens is 245 g/mol. The van der Waals surface area contributed by atoms with Gasteiger partial charge in [0.2, 0.25) is 0 Å². The van der Waals surface area contributed by atoms with Crippen LogP contribution < -0.4 is 5.32 Å². The summed E-state index contributed by atoms with van der Waals surface area (Å²) in [4.78, 5) is 12.0. The lowest BCUT2D eigenvalue weighted by molar-refractivity contribution is -0.145. The van der Waals surface area contributed by atoms with Crippen molar-refractivity contribution in [1.82, 2.24) is 0 Å². The molecular formula is C15H16FNO2. The number of nitrogens with one attached hydrogen (secondary N) is 1. The van der Waals surface area contributed by atoms with Gasteiger partial charge in [-0.1, -0.05) is 12.2 Å². The van der Waals surface area contributed by atoms with E-state index < -0.39 is 0 Å². The first-order valence-corrected chi connectivity index (χ1v) is 6.60. The summed E-state index contributed by atoms with van der Waals surface area (Å²) in [5, 5.41) is 3.20. The van der Waals surface area contributed by atoms with Crippen molar-refractivity contribution in [3.63, 3.8) is 0 Å². The quantitative estimate of drug-likeness (QED) is 0.657. The van der Waals surface area contributed by atoms with Gasteiger partial charge in [-0.25, -0.2) is 9.18 Å². The van der Waals surface area contributed by atoms with E-state index >= 15 is 0 Å². The molecule has 3 rings (SSSR count). The number of halogens is 1. The van der Waals surface area contributed by atoms with E-state index in [0.29, 0.717) is 6.61 Å². The minimum atomic E-state index is -0.349. The van der Waals surface area contributed by atoms with Gasteiger partial charge in [0, 0.05) is 17.5 Å². The zero-order valence-electron chi connectivity index (χ0n) is 10.7. The molecule has 0 saturated carbocycles. The van der Waals surface area contributed by atoms with Crippen LogP contribution in [-0.2, 0) is 9.53 Å². The van der Waals surface area contributed by atoms with Crippen molar-refractivity contribution in [2.24, 2.45) is 5.92 Å². The number of hydrogen-bond donors (Lipinski definition) is 1. The Morgan fingerprint density at radius 2 is 2.37 bits per heavy atom. The summed E-state index contributed by atoms with van der Waals surface area (Å²) in [7, 11) is 0. The summed E-state index contributed by atoms with van der Waals surface area (Å²) in [5.74, 6) is -0.250. The predicted octanol–water partition coefficient (Wildman–Crippen LogP) is 2.84. The third-order valence-electron chi connectivity index (χ3n) is 3.87. The second-order valence-electron chi connectivity index (χ2n) is 4.96. The van der Waals surface area contributed by atoms with Gasteiger partial charge in [0.1, 0.15) is 11.9 Å². The highest BCUT2D eigenvalue weighted by Gasteiger charge is 2.41. The monoisotopic (exact) mass is 261 g/mol. The average Bonchev–Trinajstić information content (AvgIpc) is 2.87. The number of hydrogen-bond acceptors (Lipinski definition) is 3. The van der Waals surface area contributed by atoms with Gasteiger partial charge in [-0.2, -0.15) is 0 Å². The zero-order valence-corrected chi connectivity index (χ0v) is 10.7. The van der Waals surface area contributed by atoms with Gasteiger partial charge >= 0.3 is 5.97 Å². The second-order valence-corrected chi connectivity index (χ2v) is 4.96. The molecule has 1 N–H and O–H groups in total. The summed E-state index contributed by atoms with van der Waals surface area (Å²) in [6, 6.07) is 4.31. The number of fused-ring (bicyclic) bond motifs is 3. The Balaban J connectivity index is 1.97. The summed E-state index contributed by atoms with van der Waals surface area (Å²) in [5.41, 5.74) is 1.76. The molecule has 0 amide bonds. The lowest BCUT2D eigenvalue weighted by Gasteiger charge is -2.35. The molecule has 0 aromatic heterocycles. The third-order valence-corrected chi connectivity index (χ3v) is 3.87. The molecule has 1 aliphatic carbocycles.